The molecule has 8 nitrogen and oxygen atoms in total. The number of nitrogens with zero attached hydrogens (tertiary/aromatic N) is 3. The highest BCUT2D eigenvalue weighted by atomic mass is 35.5. The molecule has 0 spiro atoms. The SMILES string of the molecule is CNC1CCCN(C(=O)c2ccc(NC3=NCC4=C(N3)c3ccc(Cl)cc3C(c3c(F)cccc3OC)=NC4)cc2)C1. The molecule has 6 rings (SSSR count). The smallest absolute Gasteiger partial charge is 0.253 e. The van der Waals surface area contributed by atoms with Crippen LogP contribution in [0.3, 0.4) is 0 Å². The summed E-state index contributed by atoms with van der Waals surface area (Å²) in [6.07, 6.45) is 2.08. The van der Waals surface area contributed by atoms with Crippen LogP contribution in [0.1, 0.15) is 39.9 Å². The maximum atomic E-state index is 15.2. The molecule has 3 aliphatic heterocycles. The van der Waals surface area contributed by atoms with Gasteiger partial charge in [-0.1, -0.05) is 23.7 Å². The fourth-order valence-corrected chi connectivity index (χ4v) is 5.85. The Hall–Kier alpha value is -4.21. The molecule has 3 aliphatic rings. The number of likely N-dealkylation sites (N-methyl/N-ethyl adjacent to an activating group) is 1. The zero-order valence-electron chi connectivity index (χ0n) is 23.5. The van der Waals surface area contributed by atoms with Gasteiger partial charge in [-0.3, -0.25) is 9.79 Å². The number of hydrogen-bond acceptors (Lipinski definition) is 7. The van der Waals surface area contributed by atoms with Crippen LogP contribution >= 0.6 is 11.6 Å². The van der Waals surface area contributed by atoms with E-state index in [9.17, 15) is 4.79 Å². The van der Waals surface area contributed by atoms with Crippen LogP contribution in [0.15, 0.2) is 76.2 Å². The Labute approximate surface area is 249 Å². The van der Waals surface area contributed by atoms with Gasteiger partial charge in [-0.05, 0) is 74.0 Å². The number of hydrogen-bond donors (Lipinski definition) is 3. The third-order valence-corrected chi connectivity index (χ3v) is 8.14. The Kier molecular flexibility index (Phi) is 7.95. The number of amides is 1. The topological polar surface area (TPSA) is 90.4 Å². The van der Waals surface area contributed by atoms with Crippen LogP contribution in [0.4, 0.5) is 10.1 Å². The van der Waals surface area contributed by atoms with Crippen molar-refractivity contribution in [3.63, 3.8) is 0 Å². The van der Waals surface area contributed by atoms with E-state index < -0.39 is 5.82 Å². The lowest BCUT2D eigenvalue weighted by atomic mass is 9.94. The fraction of sp³-hybridized carbons (Fsp3) is 0.281. The number of aliphatic imine (C=N–C) groups is 2. The number of benzene rings is 3. The van der Waals surface area contributed by atoms with Gasteiger partial charge in [-0.2, -0.15) is 0 Å². The highest BCUT2D eigenvalue weighted by molar-refractivity contribution is 6.31. The molecule has 0 saturated carbocycles. The van der Waals surface area contributed by atoms with Crippen LogP contribution < -0.4 is 20.7 Å². The van der Waals surface area contributed by atoms with Crippen LogP contribution in [0, 0.1) is 5.82 Å². The fourth-order valence-electron chi connectivity index (χ4n) is 5.68. The normalized spacial score (nSPS) is 18.2. The molecule has 10 heteroatoms. The number of likely N-dealkylation sites (tertiary alicyclic amines) is 1. The Morgan fingerprint density at radius 2 is 1.90 bits per heavy atom. The van der Waals surface area contributed by atoms with Gasteiger partial charge in [0, 0.05) is 46.5 Å². The van der Waals surface area contributed by atoms with Crippen molar-refractivity contribution in [1.82, 2.24) is 15.5 Å². The summed E-state index contributed by atoms with van der Waals surface area (Å²) in [5.74, 6) is 0.582. The first-order chi connectivity index (χ1) is 20.4. The number of ether oxygens (including phenoxy) is 1. The van der Waals surface area contributed by atoms with Gasteiger partial charge < -0.3 is 25.6 Å². The van der Waals surface area contributed by atoms with Gasteiger partial charge in [0.1, 0.15) is 11.6 Å². The number of guanidine groups is 1. The second kappa shape index (κ2) is 12.0. The molecule has 216 valence electrons. The molecular weight excluding hydrogens is 555 g/mol. The third-order valence-electron chi connectivity index (χ3n) is 7.90. The summed E-state index contributed by atoms with van der Waals surface area (Å²) in [5, 5.41) is 10.6. The summed E-state index contributed by atoms with van der Waals surface area (Å²) < 4.78 is 20.7. The van der Waals surface area contributed by atoms with E-state index in [4.69, 9.17) is 26.3 Å². The lowest BCUT2D eigenvalue weighted by molar-refractivity contribution is 0.0698. The summed E-state index contributed by atoms with van der Waals surface area (Å²) in [6.45, 7) is 2.24. The Balaban J connectivity index is 1.22. The molecule has 3 N–H and O–H groups in total. The molecule has 1 amide bonds. The van der Waals surface area contributed by atoms with Crippen molar-refractivity contribution in [3.8, 4) is 5.75 Å². The average Bonchev–Trinajstić information content (AvgIpc) is 3.17. The highest BCUT2D eigenvalue weighted by Gasteiger charge is 2.28. The van der Waals surface area contributed by atoms with E-state index in [1.807, 2.05) is 48.3 Å². The van der Waals surface area contributed by atoms with E-state index in [0.717, 1.165) is 48.5 Å². The molecule has 1 fully saturated rings. The van der Waals surface area contributed by atoms with Gasteiger partial charge in [0.15, 0.2) is 0 Å². The van der Waals surface area contributed by atoms with Gasteiger partial charge in [0.2, 0.25) is 5.96 Å². The van der Waals surface area contributed by atoms with Crippen LogP contribution in [0.5, 0.6) is 5.75 Å². The van der Waals surface area contributed by atoms with Crippen LogP contribution in [0.25, 0.3) is 5.70 Å². The first-order valence-corrected chi connectivity index (χ1v) is 14.4. The number of rotatable bonds is 5. The Morgan fingerprint density at radius 3 is 2.69 bits per heavy atom. The lowest BCUT2D eigenvalue weighted by Crippen LogP contribution is -2.46. The third kappa shape index (κ3) is 5.49. The largest absolute Gasteiger partial charge is 0.496 e. The summed E-state index contributed by atoms with van der Waals surface area (Å²) in [6, 6.07) is 18.0. The summed E-state index contributed by atoms with van der Waals surface area (Å²) >= 11 is 6.42. The highest BCUT2D eigenvalue weighted by Crippen LogP contribution is 2.34. The van der Waals surface area contributed by atoms with Crippen LogP contribution in [-0.4, -0.2) is 68.9 Å². The quantitative estimate of drug-likeness (QED) is 0.394. The minimum Gasteiger partial charge on any atom is -0.496 e. The zero-order chi connectivity index (χ0) is 29.2. The van der Waals surface area contributed by atoms with Gasteiger partial charge in [-0.15, -0.1) is 0 Å². The number of fused-ring (bicyclic) bond motifs is 2. The predicted molar refractivity (Wildman–Crippen MR) is 165 cm³/mol. The number of anilines is 1. The molecular formula is C32H32ClFN6O2. The number of piperidine rings is 1. The monoisotopic (exact) mass is 586 g/mol. The minimum atomic E-state index is -0.422. The van der Waals surface area contributed by atoms with Crippen molar-refractivity contribution in [2.75, 3.05) is 45.7 Å². The van der Waals surface area contributed by atoms with Gasteiger partial charge in [-0.25, -0.2) is 9.38 Å². The van der Waals surface area contributed by atoms with Crippen molar-refractivity contribution in [2.45, 2.75) is 18.9 Å². The van der Waals surface area contributed by atoms with Crippen molar-refractivity contribution in [2.24, 2.45) is 9.98 Å². The van der Waals surface area contributed by atoms with E-state index in [0.29, 0.717) is 58.3 Å². The van der Waals surface area contributed by atoms with E-state index in [1.54, 1.807) is 18.2 Å². The second-order valence-corrected chi connectivity index (χ2v) is 11.0. The Morgan fingerprint density at radius 1 is 1.10 bits per heavy atom. The standard InChI is InChI=1S/C32H32ClFN6O2/c1-35-23-5-4-14-40(18-23)31(41)19-8-11-22(12-9-19)38-32-37-17-20-16-36-30(28-26(34)6-3-7-27(28)42-2)25-15-21(33)10-13-24(25)29(20)39-32/h3,6-13,15,23,35H,4-5,14,16-18H2,1-2H3,(H2,37,38,39). The molecule has 0 radical (unpaired) electrons. The number of nitrogens with one attached hydrogen (secondary N) is 3. The van der Waals surface area contributed by atoms with E-state index in [2.05, 4.69) is 16.0 Å². The number of carbonyl (C=O) groups is 1. The molecule has 3 aromatic rings. The molecule has 1 atom stereocenters. The number of carbonyl (C=O) groups excluding carboxylic acids is 1. The maximum Gasteiger partial charge on any atom is 0.253 e. The molecule has 1 saturated heterocycles. The van der Waals surface area contributed by atoms with Gasteiger partial charge in [0.25, 0.3) is 5.91 Å². The zero-order valence-corrected chi connectivity index (χ0v) is 24.3. The van der Waals surface area contributed by atoms with E-state index >= 15 is 4.39 Å². The van der Waals surface area contributed by atoms with Crippen LogP contribution in [-0.2, 0) is 0 Å². The molecule has 3 heterocycles. The number of methoxy groups -OCH3 is 1. The second-order valence-electron chi connectivity index (χ2n) is 10.5. The van der Waals surface area contributed by atoms with Crippen molar-refractivity contribution >= 4 is 40.6 Å². The predicted octanol–water partition coefficient (Wildman–Crippen LogP) is 4.95. The number of halogens is 2. The van der Waals surface area contributed by atoms with Crippen LogP contribution in [0.2, 0.25) is 5.02 Å². The molecule has 0 aromatic heterocycles. The maximum absolute atomic E-state index is 15.2. The van der Waals surface area contributed by atoms with E-state index in [-0.39, 0.29) is 5.91 Å². The minimum absolute atomic E-state index is 0.0421. The average molecular weight is 587 g/mol. The van der Waals surface area contributed by atoms with Gasteiger partial charge in [0.05, 0.1) is 37.2 Å². The molecule has 0 bridgehead atoms. The summed E-state index contributed by atoms with van der Waals surface area (Å²) in [5.41, 5.74) is 5.58. The molecule has 1 unspecified atom stereocenters. The summed E-state index contributed by atoms with van der Waals surface area (Å²) in [7, 11) is 3.45. The van der Waals surface area contributed by atoms with Crippen molar-refractivity contribution < 1.29 is 13.9 Å². The molecule has 0 aliphatic carbocycles. The summed E-state index contributed by atoms with van der Waals surface area (Å²) in [4.78, 5) is 24.5. The van der Waals surface area contributed by atoms with E-state index in [1.165, 1.54) is 13.2 Å². The molecule has 3 aromatic carbocycles. The first-order valence-electron chi connectivity index (χ1n) is 14.0. The Bertz CT molecular complexity index is 1620. The van der Waals surface area contributed by atoms with Gasteiger partial charge >= 0.3 is 0 Å². The first kappa shape index (κ1) is 27.9. The van der Waals surface area contributed by atoms with Crippen molar-refractivity contribution in [1.29, 1.82) is 0 Å². The van der Waals surface area contributed by atoms with Crippen molar-refractivity contribution in [3.05, 3.63) is 99.3 Å². The molecule has 42 heavy (non-hydrogen) atoms. The lowest BCUT2D eigenvalue weighted by Gasteiger charge is -2.32.